The molecule has 0 saturated heterocycles. The molecule has 1 atom stereocenters. The zero-order chi connectivity index (χ0) is 13.7. The maximum absolute atomic E-state index is 12.9. The molecule has 0 radical (unpaired) electrons. The number of hydrogen-bond donors (Lipinski definition) is 1. The van der Waals surface area contributed by atoms with Gasteiger partial charge in [-0.15, -0.1) is 0 Å². The molecular weight excluding hydrogens is 311 g/mol. The molecule has 1 unspecified atom stereocenters. The fourth-order valence-corrected chi connectivity index (χ4v) is 1.56. The third kappa shape index (κ3) is 4.01. The maximum atomic E-state index is 12.9. The maximum Gasteiger partial charge on any atom is 0.251 e. The summed E-state index contributed by atoms with van der Waals surface area (Å²) in [6.45, 7) is 2.37. The van der Waals surface area contributed by atoms with Crippen molar-refractivity contribution in [1.82, 2.24) is 5.32 Å². The standard InChI is InChI=1S/C12H13BrF3NO/c1-2-8(13)3-4-17-12(18)7-5-9(14)11(16)10(15)6-7/h5-6,8H,2-4H2,1H3,(H,17,18). The minimum Gasteiger partial charge on any atom is -0.352 e. The van der Waals surface area contributed by atoms with Crippen LogP contribution < -0.4 is 5.32 Å². The van der Waals surface area contributed by atoms with E-state index in [2.05, 4.69) is 21.2 Å². The van der Waals surface area contributed by atoms with E-state index in [9.17, 15) is 18.0 Å². The number of carbonyl (C=O) groups excluding carboxylic acids is 1. The van der Waals surface area contributed by atoms with E-state index in [4.69, 9.17) is 0 Å². The van der Waals surface area contributed by atoms with E-state index in [0.29, 0.717) is 25.1 Å². The van der Waals surface area contributed by atoms with Crippen molar-refractivity contribution in [2.24, 2.45) is 0 Å². The van der Waals surface area contributed by atoms with E-state index in [-0.39, 0.29) is 10.4 Å². The van der Waals surface area contributed by atoms with Crippen molar-refractivity contribution in [3.05, 3.63) is 35.1 Å². The molecule has 0 saturated carbocycles. The second-order valence-electron chi connectivity index (χ2n) is 3.80. The van der Waals surface area contributed by atoms with Gasteiger partial charge in [-0.1, -0.05) is 22.9 Å². The van der Waals surface area contributed by atoms with Gasteiger partial charge >= 0.3 is 0 Å². The largest absolute Gasteiger partial charge is 0.352 e. The molecule has 0 aromatic heterocycles. The van der Waals surface area contributed by atoms with Crippen LogP contribution in [0.2, 0.25) is 0 Å². The molecule has 2 nitrogen and oxygen atoms in total. The summed E-state index contributed by atoms with van der Waals surface area (Å²) in [7, 11) is 0. The lowest BCUT2D eigenvalue weighted by atomic mass is 10.2. The Morgan fingerprint density at radius 3 is 2.39 bits per heavy atom. The van der Waals surface area contributed by atoms with Gasteiger partial charge in [0.2, 0.25) is 0 Å². The van der Waals surface area contributed by atoms with E-state index in [1.165, 1.54) is 0 Å². The topological polar surface area (TPSA) is 29.1 Å². The second-order valence-corrected chi connectivity index (χ2v) is 5.10. The number of benzene rings is 1. The fraction of sp³-hybridized carbons (Fsp3) is 0.417. The molecule has 1 aromatic rings. The van der Waals surface area contributed by atoms with Crippen LogP contribution in [0.1, 0.15) is 30.1 Å². The van der Waals surface area contributed by atoms with E-state index >= 15 is 0 Å². The van der Waals surface area contributed by atoms with Gasteiger partial charge in [0.05, 0.1) is 0 Å². The van der Waals surface area contributed by atoms with Crippen LogP contribution in [0.3, 0.4) is 0 Å². The average molecular weight is 324 g/mol. The molecular formula is C12H13BrF3NO. The lowest BCUT2D eigenvalue weighted by Gasteiger charge is -2.08. The smallest absolute Gasteiger partial charge is 0.251 e. The molecule has 0 heterocycles. The zero-order valence-electron chi connectivity index (χ0n) is 9.77. The van der Waals surface area contributed by atoms with Crippen LogP contribution in [0.15, 0.2) is 12.1 Å². The van der Waals surface area contributed by atoms with Crippen LogP contribution in [0, 0.1) is 17.5 Å². The summed E-state index contributed by atoms with van der Waals surface area (Å²) < 4.78 is 38.5. The highest BCUT2D eigenvalue weighted by Gasteiger charge is 2.14. The number of alkyl halides is 1. The summed E-state index contributed by atoms with van der Waals surface area (Å²) >= 11 is 3.40. The summed E-state index contributed by atoms with van der Waals surface area (Å²) in [4.78, 5) is 11.8. The Balaban J connectivity index is 2.62. The lowest BCUT2D eigenvalue weighted by Crippen LogP contribution is -2.26. The molecule has 100 valence electrons. The summed E-state index contributed by atoms with van der Waals surface area (Å²) in [5, 5.41) is 2.51. The van der Waals surface area contributed by atoms with Crippen molar-refractivity contribution in [2.75, 3.05) is 6.54 Å². The van der Waals surface area contributed by atoms with Gasteiger partial charge < -0.3 is 5.32 Å². The quantitative estimate of drug-likeness (QED) is 0.653. The normalized spacial score (nSPS) is 12.3. The molecule has 1 aromatic carbocycles. The van der Waals surface area contributed by atoms with Crippen molar-refractivity contribution in [1.29, 1.82) is 0 Å². The van der Waals surface area contributed by atoms with Crippen molar-refractivity contribution in [2.45, 2.75) is 24.6 Å². The second kappa shape index (κ2) is 6.78. The first-order valence-corrected chi connectivity index (χ1v) is 6.44. The number of rotatable bonds is 5. The first-order chi connectivity index (χ1) is 8.45. The van der Waals surface area contributed by atoms with E-state index in [1.807, 2.05) is 6.92 Å². The molecule has 1 N–H and O–H groups in total. The Kier molecular flexibility index (Phi) is 5.65. The Morgan fingerprint density at radius 2 is 1.89 bits per heavy atom. The van der Waals surface area contributed by atoms with Crippen LogP contribution in [0.25, 0.3) is 0 Å². The average Bonchev–Trinajstić information content (AvgIpc) is 2.34. The molecule has 0 spiro atoms. The van der Waals surface area contributed by atoms with Gasteiger partial charge in [-0.3, -0.25) is 4.79 Å². The first kappa shape index (κ1) is 15.0. The SMILES string of the molecule is CCC(Br)CCNC(=O)c1cc(F)c(F)c(F)c1. The Morgan fingerprint density at radius 1 is 1.33 bits per heavy atom. The van der Waals surface area contributed by atoms with Gasteiger partial charge in [0, 0.05) is 16.9 Å². The summed E-state index contributed by atoms with van der Waals surface area (Å²) in [6, 6.07) is 1.36. The van der Waals surface area contributed by atoms with Crippen LogP contribution in [-0.2, 0) is 0 Å². The summed E-state index contributed by atoms with van der Waals surface area (Å²) in [6.07, 6.45) is 1.62. The van der Waals surface area contributed by atoms with Crippen molar-refractivity contribution in [3.8, 4) is 0 Å². The lowest BCUT2D eigenvalue weighted by molar-refractivity contribution is 0.0952. The van der Waals surface area contributed by atoms with Gasteiger partial charge in [0.15, 0.2) is 17.5 Å². The molecule has 1 rings (SSSR count). The minimum absolute atomic E-state index is 0.228. The first-order valence-electron chi connectivity index (χ1n) is 5.52. The predicted octanol–water partition coefficient (Wildman–Crippen LogP) is 3.40. The van der Waals surface area contributed by atoms with Gasteiger partial charge in [-0.05, 0) is 25.0 Å². The zero-order valence-corrected chi connectivity index (χ0v) is 11.4. The van der Waals surface area contributed by atoms with Crippen LogP contribution in [0.4, 0.5) is 13.2 Å². The molecule has 0 bridgehead atoms. The Hall–Kier alpha value is -1.04. The number of carbonyl (C=O) groups is 1. The van der Waals surface area contributed by atoms with E-state index in [0.717, 1.165) is 6.42 Å². The minimum atomic E-state index is -1.57. The Bertz CT molecular complexity index is 416. The highest BCUT2D eigenvalue weighted by molar-refractivity contribution is 9.09. The van der Waals surface area contributed by atoms with Crippen LogP contribution in [0.5, 0.6) is 0 Å². The van der Waals surface area contributed by atoms with Gasteiger partial charge in [-0.2, -0.15) is 0 Å². The molecule has 0 fully saturated rings. The fourth-order valence-electron chi connectivity index (χ4n) is 1.34. The molecule has 0 aliphatic carbocycles. The number of amides is 1. The third-order valence-corrected chi connectivity index (χ3v) is 3.54. The van der Waals surface area contributed by atoms with Crippen LogP contribution >= 0.6 is 15.9 Å². The molecule has 6 heteroatoms. The highest BCUT2D eigenvalue weighted by Crippen LogP contribution is 2.13. The van der Waals surface area contributed by atoms with Gasteiger partial charge in [-0.25, -0.2) is 13.2 Å². The predicted molar refractivity (Wildman–Crippen MR) is 66.3 cm³/mol. The van der Waals surface area contributed by atoms with Crippen molar-refractivity contribution in [3.63, 3.8) is 0 Å². The molecule has 0 aliphatic rings. The van der Waals surface area contributed by atoms with Crippen LogP contribution in [-0.4, -0.2) is 17.3 Å². The van der Waals surface area contributed by atoms with Crippen molar-refractivity contribution < 1.29 is 18.0 Å². The monoisotopic (exact) mass is 323 g/mol. The number of halogens is 4. The molecule has 0 aliphatic heterocycles. The van der Waals surface area contributed by atoms with Crippen molar-refractivity contribution >= 4 is 21.8 Å². The number of nitrogens with one attached hydrogen (secondary N) is 1. The summed E-state index contributed by atoms with van der Waals surface area (Å²) in [5.41, 5.74) is -0.228. The summed E-state index contributed by atoms with van der Waals surface area (Å²) in [5.74, 6) is -4.93. The highest BCUT2D eigenvalue weighted by atomic mass is 79.9. The molecule has 1 amide bonds. The molecule has 18 heavy (non-hydrogen) atoms. The number of hydrogen-bond acceptors (Lipinski definition) is 1. The van der Waals surface area contributed by atoms with Gasteiger partial charge in [0.1, 0.15) is 0 Å². The van der Waals surface area contributed by atoms with E-state index < -0.39 is 23.4 Å². The Labute approximate surface area is 112 Å². The third-order valence-electron chi connectivity index (χ3n) is 2.43. The van der Waals surface area contributed by atoms with E-state index in [1.54, 1.807) is 0 Å². The van der Waals surface area contributed by atoms with Gasteiger partial charge in [0.25, 0.3) is 5.91 Å².